The highest BCUT2D eigenvalue weighted by Gasteiger charge is 2.06. The van der Waals surface area contributed by atoms with Crippen molar-refractivity contribution in [2.45, 2.75) is 6.92 Å². The molecule has 0 N–H and O–H groups in total. The SMILES string of the molecule is CC1=NS(=O)C=C1.CN1CC=CS1=O. The summed E-state index contributed by atoms with van der Waals surface area (Å²) in [6, 6.07) is 0. The van der Waals surface area contributed by atoms with E-state index >= 15 is 0 Å². The molecule has 2 atom stereocenters. The molecule has 78 valence electrons. The Kier molecular flexibility index (Phi) is 4.37. The van der Waals surface area contributed by atoms with Gasteiger partial charge in [0.05, 0.1) is 0 Å². The first-order valence-electron chi connectivity index (χ1n) is 4.02. The Hall–Kier alpha value is -0.590. The normalized spacial score (nSPS) is 30.0. The van der Waals surface area contributed by atoms with Crippen LogP contribution in [0.15, 0.2) is 27.4 Å². The first-order valence-corrected chi connectivity index (χ1v) is 6.36. The number of nitrogens with zero attached hydrogens (tertiary/aromatic N) is 2. The number of rotatable bonds is 0. The molecule has 0 amide bonds. The van der Waals surface area contributed by atoms with Crippen molar-refractivity contribution in [2.75, 3.05) is 13.6 Å². The van der Waals surface area contributed by atoms with Crippen LogP contribution in [0.1, 0.15) is 6.92 Å². The molecule has 2 aliphatic rings. The molecule has 0 fully saturated rings. The topological polar surface area (TPSA) is 49.7 Å². The zero-order valence-electron chi connectivity index (χ0n) is 8.04. The second-order valence-corrected chi connectivity index (χ2v) is 5.22. The molecule has 14 heavy (non-hydrogen) atoms. The Labute approximate surface area is 88.6 Å². The molecular weight excluding hydrogens is 220 g/mol. The fourth-order valence-corrected chi connectivity index (χ4v) is 2.22. The van der Waals surface area contributed by atoms with Gasteiger partial charge in [-0.25, -0.2) is 12.7 Å². The van der Waals surface area contributed by atoms with Crippen molar-refractivity contribution >= 4 is 27.7 Å². The molecule has 0 saturated heterocycles. The highest BCUT2D eigenvalue weighted by molar-refractivity contribution is 7.87. The zero-order valence-corrected chi connectivity index (χ0v) is 9.68. The summed E-state index contributed by atoms with van der Waals surface area (Å²) in [6.45, 7) is 2.65. The quantitative estimate of drug-likeness (QED) is 0.619. The fraction of sp³-hybridized carbons (Fsp3) is 0.375. The van der Waals surface area contributed by atoms with E-state index in [-0.39, 0.29) is 0 Å². The molecule has 2 heterocycles. The van der Waals surface area contributed by atoms with Gasteiger partial charge in [-0.1, -0.05) is 6.08 Å². The first-order chi connectivity index (χ1) is 6.59. The standard InChI is InChI=1S/C4H7NOS.C4H5NOS/c1-5-3-2-4-7(5)6;1-4-2-3-7(6)5-4/h2,4H,3H2,1H3;2-3H,1H3. The zero-order chi connectivity index (χ0) is 10.6. The van der Waals surface area contributed by atoms with Gasteiger partial charge in [0.25, 0.3) is 0 Å². The van der Waals surface area contributed by atoms with Gasteiger partial charge in [0.1, 0.15) is 11.0 Å². The van der Waals surface area contributed by atoms with Crippen LogP contribution in [0, 0.1) is 0 Å². The van der Waals surface area contributed by atoms with Crippen LogP contribution in [0.25, 0.3) is 0 Å². The van der Waals surface area contributed by atoms with Crippen LogP contribution >= 0.6 is 0 Å². The molecule has 0 aromatic rings. The highest BCUT2D eigenvalue weighted by Crippen LogP contribution is 2.00. The van der Waals surface area contributed by atoms with Gasteiger partial charge in [-0.2, -0.15) is 4.40 Å². The van der Waals surface area contributed by atoms with Crippen LogP contribution in [0.5, 0.6) is 0 Å². The molecule has 0 aliphatic carbocycles. The second-order valence-electron chi connectivity index (χ2n) is 2.77. The van der Waals surface area contributed by atoms with E-state index in [1.165, 1.54) is 0 Å². The van der Waals surface area contributed by atoms with E-state index in [9.17, 15) is 8.42 Å². The Balaban J connectivity index is 0.000000140. The average molecular weight is 232 g/mol. The van der Waals surface area contributed by atoms with Crippen LogP contribution in [0.4, 0.5) is 0 Å². The Bertz CT molecular complexity index is 347. The van der Waals surface area contributed by atoms with Gasteiger partial charge in [-0.3, -0.25) is 0 Å². The number of allylic oxidation sites excluding steroid dienone is 1. The van der Waals surface area contributed by atoms with Crippen molar-refractivity contribution < 1.29 is 8.42 Å². The molecule has 2 rings (SSSR count). The third kappa shape index (κ3) is 3.65. The summed E-state index contributed by atoms with van der Waals surface area (Å²) in [6.07, 6.45) is 3.65. The van der Waals surface area contributed by atoms with E-state index in [4.69, 9.17) is 0 Å². The van der Waals surface area contributed by atoms with E-state index in [0.29, 0.717) is 0 Å². The van der Waals surface area contributed by atoms with Crippen molar-refractivity contribution in [3.8, 4) is 0 Å². The third-order valence-corrected chi connectivity index (χ3v) is 3.57. The number of hydrogen-bond acceptors (Lipinski definition) is 2. The molecule has 0 aromatic carbocycles. The maximum Gasteiger partial charge on any atom is 0.165 e. The summed E-state index contributed by atoms with van der Waals surface area (Å²) in [4.78, 5) is 0. The smallest absolute Gasteiger partial charge is 0.165 e. The lowest BCUT2D eigenvalue weighted by Crippen LogP contribution is -2.13. The van der Waals surface area contributed by atoms with Gasteiger partial charge >= 0.3 is 0 Å². The maximum atomic E-state index is 10.5. The van der Waals surface area contributed by atoms with E-state index in [2.05, 4.69) is 4.40 Å². The predicted octanol–water partition coefficient (Wildman–Crippen LogP) is 0.748. The van der Waals surface area contributed by atoms with Crippen LogP contribution in [0.3, 0.4) is 0 Å². The van der Waals surface area contributed by atoms with Crippen LogP contribution in [-0.4, -0.2) is 32.0 Å². The molecule has 0 bridgehead atoms. The monoisotopic (exact) mass is 232 g/mol. The molecular formula is C8H12N2O2S2. The van der Waals surface area contributed by atoms with Crippen molar-refractivity contribution in [2.24, 2.45) is 4.40 Å². The molecule has 0 aromatic heterocycles. The first kappa shape index (κ1) is 11.5. The molecule has 6 heteroatoms. The van der Waals surface area contributed by atoms with E-state index < -0.39 is 22.0 Å². The summed E-state index contributed by atoms with van der Waals surface area (Å²) < 4.78 is 26.2. The summed E-state index contributed by atoms with van der Waals surface area (Å²) in [5.41, 5.74) is 0.846. The molecule has 2 unspecified atom stereocenters. The lowest BCUT2D eigenvalue weighted by atomic mass is 10.4. The van der Waals surface area contributed by atoms with Crippen molar-refractivity contribution in [3.63, 3.8) is 0 Å². The van der Waals surface area contributed by atoms with Gasteiger partial charge in [-0.15, -0.1) is 0 Å². The molecule has 0 radical (unpaired) electrons. The van der Waals surface area contributed by atoms with Gasteiger partial charge in [-0.05, 0) is 13.0 Å². The minimum atomic E-state index is -1.05. The summed E-state index contributed by atoms with van der Waals surface area (Å²) in [5, 5.41) is 3.26. The summed E-state index contributed by atoms with van der Waals surface area (Å²) in [7, 11) is -0.0309. The lowest BCUT2D eigenvalue weighted by Gasteiger charge is -2.00. The largest absolute Gasteiger partial charge is 0.238 e. The van der Waals surface area contributed by atoms with E-state index in [0.717, 1.165) is 12.3 Å². The molecule has 0 spiro atoms. The maximum absolute atomic E-state index is 10.5. The third-order valence-electron chi connectivity index (χ3n) is 1.54. The average Bonchev–Trinajstić information content (AvgIpc) is 2.65. The predicted molar refractivity (Wildman–Crippen MR) is 60.3 cm³/mol. The van der Waals surface area contributed by atoms with Crippen molar-refractivity contribution in [3.05, 3.63) is 23.0 Å². The van der Waals surface area contributed by atoms with Crippen molar-refractivity contribution in [1.82, 2.24) is 4.31 Å². The molecule has 4 nitrogen and oxygen atoms in total. The highest BCUT2D eigenvalue weighted by atomic mass is 32.2. The molecule has 0 saturated carbocycles. The lowest BCUT2D eigenvalue weighted by molar-refractivity contribution is 0.586. The summed E-state index contributed by atoms with van der Waals surface area (Å²) >= 11 is 0. The second kappa shape index (κ2) is 5.33. The fourth-order valence-electron chi connectivity index (χ4n) is 0.811. The number of hydrogen-bond donors (Lipinski definition) is 0. The number of likely N-dealkylation sites (N-methyl/N-ethyl adjacent to an activating group) is 1. The van der Waals surface area contributed by atoms with Crippen LogP contribution in [-0.2, 0) is 22.0 Å². The Morgan fingerprint density at radius 2 is 2.14 bits per heavy atom. The van der Waals surface area contributed by atoms with Gasteiger partial charge in [0.2, 0.25) is 0 Å². The van der Waals surface area contributed by atoms with Crippen molar-refractivity contribution in [1.29, 1.82) is 0 Å². The van der Waals surface area contributed by atoms with Crippen LogP contribution in [0.2, 0.25) is 0 Å². The minimum Gasteiger partial charge on any atom is -0.238 e. The van der Waals surface area contributed by atoms with Gasteiger partial charge in [0, 0.05) is 30.1 Å². The van der Waals surface area contributed by atoms with Gasteiger partial charge in [0.15, 0.2) is 11.0 Å². The van der Waals surface area contributed by atoms with Gasteiger partial charge < -0.3 is 0 Å². The summed E-state index contributed by atoms with van der Waals surface area (Å²) in [5.74, 6) is 0. The Morgan fingerprint density at radius 1 is 1.43 bits per heavy atom. The van der Waals surface area contributed by atoms with E-state index in [1.54, 1.807) is 21.2 Å². The van der Waals surface area contributed by atoms with Crippen LogP contribution < -0.4 is 0 Å². The van der Waals surface area contributed by atoms with E-state index in [1.807, 2.05) is 20.0 Å². The Morgan fingerprint density at radius 3 is 2.29 bits per heavy atom. The molecule has 2 aliphatic heterocycles. The minimum absolute atomic E-state index is 0.815.